The molecule has 0 spiro atoms. The van der Waals surface area contributed by atoms with Crippen LogP contribution in [0.4, 0.5) is 0 Å². The van der Waals surface area contributed by atoms with Gasteiger partial charge in [-0.2, -0.15) is 0 Å². The van der Waals surface area contributed by atoms with Gasteiger partial charge in [-0.05, 0) is 30.0 Å². The highest BCUT2D eigenvalue weighted by Crippen LogP contribution is 2.25. The SMILES string of the molecule is CCCC(CC(=O)Oc1ccccc1)c1ccccc1. The molecule has 0 saturated carbocycles. The van der Waals surface area contributed by atoms with Crippen molar-refractivity contribution in [1.29, 1.82) is 0 Å². The summed E-state index contributed by atoms with van der Waals surface area (Å²) in [6.45, 7) is 2.14. The van der Waals surface area contributed by atoms with Crippen molar-refractivity contribution in [1.82, 2.24) is 0 Å². The van der Waals surface area contributed by atoms with Crippen LogP contribution in [0.1, 0.15) is 37.7 Å². The van der Waals surface area contributed by atoms with Crippen LogP contribution in [-0.2, 0) is 4.79 Å². The van der Waals surface area contributed by atoms with Gasteiger partial charge in [0, 0.05) is 0 Å². The predicted molar refractivity (Wildman–Crippen MR) is 80.8 cm³/mol. The quantitative estimate of drug-likeness (QED) is 0.567. The lowest BCUT2D eigenvalue weighted by molar-refractivity contribution is -0.134. The van der Waals surface area contributed by atoms with Crippen LogP contribution < -0.4 is 4.74 Å². The number of carbonyl (C=O) groups is 1. The standard InChI is InChI=1S/C18H20O2/c1-2-9-16(15-10-5-3-6-11-15)14-18(19)20-17-12-7-4-8-13-17/h3-8,10-13,16H,2,9,14H2,1H3. The number of ether oxygens (including phenoxy) is 1. The minimum atomic E-state index is -0.168. The molecule has 1 atom stereocenters. The largest absolute Gasteiger partial charge is 0.427 e. The third-order valence-electron chi connectivity index (χ3n) is 3.30. The van der Waals surface area contributed by atoms with Crippen molar-refractivity contribution in [3.8, 4) is 5.75 Å². The minimum Gasteiger partial charge on any atom is -0.427 e. The Kier molecular flexibility index (Phi) is 5.36. The topological polar surface area (TPSA) is 26.3 Å². The highest BCUT2D eigenvalue weighted by Gasteiger charge is 2.16. The molecule has 0 heterocycles. The van der Waals surface area contributed by atoms with E-state index in [0.717, 1.165) is 12.8 Å². The Bertz CT molecular complexity index is 520. The maximum Gasteiger partial charge on any atom is 0.311 e. The van der Waals surface area contributed by atoms with Crippen LogP contribution in [0, 0.1) is 0 Å². The first-order valence-corrected chi connectivity index (χ1v) is 7.10. The molecule has 0 radical (unpaired) electrons. The fraction of sp³-hybridized carbons (Fsp3) is 0.278. The highest BCUT2D eigenvalue weighted by molar-refractivity contribution is 5.73. The van der Waals surface area contributed by atoms with Crippen LogP contribution >= 0.6 is 0 Å². The lowest BCUT2D eigenvalue weighted by Crippen LogP contribution is -2.13. The third kappa shape index (κ3) is 4.23. The van der Waals surface area contributed by atoms with Crippen LogP contribution in [0.2, 0.25) is 0 Å². The van der Waals surface area contributed by atoms with E-state index in [1.807, 2.05) is 36.4 Å². The maximum absolute atomic E-state index is 12.0. The average Bonchev–Trinajstić information content (AvgIpc) is 2.49. The number of rotatable bonds is 6. The molecular formula is C18H20O2. The molecule has 104 valence electrons. The van der Waals surface area contributed by atoms with E-state index in [1.165, 1.54) is 5.56 Å². The summed E-state index contributed by atoms with van der Waals surface area (Å²) in [5, 5.41) is 0. The van der Waals surface area contributed by atoms with Crippen LogP contribution in [0.25, 0.3) is 0 Å². The van der Waals surface area contributed by atoms with Gasteiger partial charge in [-0.25, -0.2) is 0 Å². The average molecular weight is 268 g/mol. The molecule has 0 aliphatic rings. The maximum atomic E-state index is 12.0. The second-order valence-electron chi connectivity index (χ2n) is 4.89. The van der Waals surface area contributed by atoms with E-state index in [1.54, 1.807) is 12.1 Å². The predicted octanol–water partition coefficient (Wildman–Crippen LogP) is 4.57. The van der Waals surface area contributed by atoms with Gasteiger partial charge in [0.05, 0.1) is 6.42 Å². The van der Waals surface area contributed by atoms with Gasteiger partial charge in [-0.15, -0.1) is 0 Å². The van der Waals surface area contributed by atoms with E-state index in [-0.39, 0.29) is 11.9 Å². The first kappa shape index (κ1) is 14.3. The van der Waals surface area contributed by atoms with E-state index >= 15 is 0 Å². The van der Waals surface area contributed by atoms with Gasteiger partial charge < -0.3 is 4.74 Å². The third-order valence-corrected chi connectivity index (χ3v) is 3.30. The summed E-state index contributed by atoms with van der Waals surface area (Å²) < 4.78 is 5.37. The number of hydrogen-bond donors (Lipinski definition) is 0. The van der Waals surface area contributed by atoms with Gasteiger partial charge >= 0.3 is 5.97 Å². The van der Waals surface area contributed by atoms with Crippen molar-refractivity contribution in [2.45, 2.75) is 32.1 Å². The van der Waals surface area contributed by atoms with Gasteiger partial charge in [0.2, 0.25) is 0 Å². The van der Waals surface area contributed by atoms with E-state index in [9.17, 15) is 4.79 Å². The molecule has 0 bridgehead atoms. The Hall–Kier alpha value is -2.09. The molecular weight excluding hydrogens is 248 g/mol. The van der Waals surface area contributed by atoms with Crippen LogP contribution in [0.15, 0.2) is 60.7 Å². The van der Waals surface area contributed by atoms with E-state index in [4.69, 9.17) is 4.74 Å². The molecule has 2 rings (SSSR count). The second-order valence-corrected chi connectivity index (χ2v) is 4.89. The van der Waals surface area contributed by atoms with Crippen LogP contribution in [0.5, 0.6) is 5.75 Å². The summed E-state index contributed by atoms with van der Waals surface area (Å²) >= 11 is 0. The first-order chi connectivity index (χ1) is 9.79. The molecule has 2 nitrogen and oxygen atoms in total. The summed E-state index contributed by atoms with van der Waals surface area (Å²) in [5.74, 6) is 0.678. The molecule has 1 unspecified atom stereocenters. The zero-order chi connectivity index (χ0) is 14.2. The summed E-state index contributed by atoms with van der Waals surface area (Å²) in [4.78, 5) is 12.0. The molecule has 2 aromatic carbocycles. The molecule has 0 aromatic heterocycles. The summed E-state index contributed by atoms with van der Waals surface area (Å²) in [6, 6.07) is 19.4. The van der Waals surface area contributed by atoms with E-state index < -0.39 is 0 Å². The zero-order valence-corrected chi connectivity index (χ0v) is 11.8. The van der Waals surface area contributed by atoms with Crippen molar-refractivity contribution in [3.63, 3.8) is 0 Å². The molecule has 0 fully saturated rings. The number of hydrogen-bond acceptors (Lipinski definition) is 2. The van der Waals surface area contributed by atoms with Crippen molar-refractivity contribution < 1.29 is 9.53 Å². The van der Waals surface area contributed by atoms with Gasteiger partial charge in [0.25, 0.3) is 0 Å². The van der Waals surface area contributed by atoms with Gasteiger partial charge in [-0.3, -0.25) is 4.79 Å². The van der Waals surface area contributed by atoms with Gasteiger partial charge in [0.15, 0.2) is 0 Å². The Morgan fingerprint density at radius 2 is 1.60 bits per heavy atom. The Morgan fingerprint density at radius 3 is 2.20 bits per heavy atom. The molecule has 0 N–H and O–H groups in total. The van der Waals surface area contributed by atoms with Crippen LogP contribution in [-0.4, -0.2) is 5.97 Å². The molecule has 0 amide bonds. The molecule has 0 aliphatic carbocycles. The van der Waals surface area contributed by atoms with E-state index in [0.29, 0.717) is 12.2 Å². The van der Waals surface area contributed by atoms with Crippen molar-refractivity contribution in [2.75, 3.05) is 0 Å². The minimum absolute atomic E-state index is 0.168. The molecule has 0 aliphatic heterocycles. The van der Waals surface area contributed by atoms with Crippen molar-refractivity contribution in [3.05, 3.63) is 66.2 Å². The zero-order valence-electron chi connectivity index (χ0n) is 11.8. The number of para-hydroxylation sites is 1. The number of esters is 1. The Morgan fingerprint density at radius 1 is 1.00 bits per heavy atom. The lowest BCUT2D eigenvalue weighted by Gasteiger charge is -2.15. The van der Waals surface area contributed by atoms with Crippen molar-refractivity contribution in [2.24, 2.45) is 0 Å². The fourth-order valence-corrected chi connectivity index (χ4v) is 2.32. The Labute approximate surface area is 120 Å². The second kappa shape index (κ2) is 7.49. The summed E-state index contributed by atoms with van der Waals surface area (Å²) in [5.41, 5.74) is 1.21. The normalized spacial score (nSPS) is 11.8. The molecule has 2 heteroatoms. The van der Waals surface area contributed by atoms with Crippen LogP contribution in [0.3, 0.4) is 0 Å². The Balaban J connectivity index is 1.99. The van der Waals surface area contributed by atoms with Gasteiger partial charge in [-0.1, -0.05) is 61.9 Å². The van der Waals surface area contributed by atoms with Gasteiger partial charge in [0.1, 0.15) is 5.75 Å². The lowest BCUT2D eigenvalue weighted by atomic mass is 9.91. The van der Waals surface area contributed by atoms with E-state index in [2.05, 4.69) is 19.1 Å². The van der Waals surface area contributed by atoms with Crippen molar-refractivity contribution >= 4 is 5.97 Å². The smallest absolute Gasteiger partial charge is 0.311 e. The summed E-state index contributed by atoms with van der Waals surface area (Å²) in [7, 11) is 0. The number of carbonyl (C=O) groups excluding carboxylic acids is 1. The molecule has 20 heavy (non-hydrogen) atoms. The highest BCUT2D eigenvalue weighted by atomic mass is 16.5. The first-order valence-electron chi connectivity index (χ1n) is 7.10. The number of benzene rings is 2. The monoisotopic (exact) mass is 268 g/mol. The molecule has 0 saturated heterocycles. The fourth-order valence-electron chi connectivity index (χ4n) is 2.32. The molecule has 2 aromatic rings. The summed E-state index contributed by atoms with van der Waals surface area (Å²) in [6.07, 6.45) is 2.47.